The van der Waals surface area contributed by atoms with Crippen molar-refractivity contribution in [2.24, 2.45) is 0 Å². The summed E-state index contributed by atoms with van der Waals surface area (Å²) in [5.41, 5.74) is 3.06. The Morgan fingerprint density at radius 3 is 2.63 bits per heavy atom. The van der Waals surface area contributed by atoms with E-state index in [-0.39, 0.29) is 17.5 Å². The Morgan fingerprint density at radius 2 is 1.97 bits per heavy atom. The van der Waals surface area contributed by atoms with E-state index in [0.717, 1.165) is 16.0 Å². The number of fused-ring (bicyclic) bond motifs is 1. The van der Waals surface area contributed by atoms with Gasteiger partial charge in [-0.1, -0.05) is 35.9 Å². The number of amides is 1. The largest absolute Gasteiger partial charge is 0.340 e. The highest BCUT2D eigenvalue weighted by atomic mass is 32.1. The zero-order valence-corrected chi connectivity index (χ0v) is 18.3. The lowest BCUT2D eigenvalue weighted by Gasteiger charge is -2.18. The Hall–Kier alpha value is -3.03. The van der Waals surface area contributed by atoms with E-state index in [2.05, 4.69) is 10.3 Å². The minimum absolute atomic E-state index is 0.153. The van der Waals surface area contributed by atoms with Crippen LogP contribution in [-0.2, 0) is 6.54 Å². The molecule has 30 heavy (non-hydrogen) atoms. The third-order valence-corrected chi connectivity index (χ3v) is 6.33. The molecule has 1 amide bonds. The van der Waals surface area contributed by atoms with E-state index in [1.807, 2.05) is 55.6 Å². The summed E-state index contributed by atoms with van der Waals surface area (Å²) >= 11 is 6.88. The Morgan fingerprint density at radius 1 is 1.20 bits per heavy atom. The number of hydrogen-bond acceptors (Lipinski definition) is 4. The molecule has 4 rings (SSSR count). The monoisotopic (exact) mass is 435 g/mol. The van der Waals surface area contributed by atoms with Gasteiger partial charge >= 0.3 is 0 Å². The van der Waals surface area contributed by atoms with E-state index >= 15 is 0 Å². The van der Waals surface area contributed by atoms with Gasteiger partial charge in [-0.25, -0.2) is 0 Å². The molecule has 2 aromatic carbocycles. The molecule has 0 saturated heterocycles. The number of aromatic nitrogens is 2. The van der Waals surface area contributed by atoms with Crippen LogP contribution in [0.25, 0.3) is 10.9 Å². The van der Waals surface area contributed by atoms with Crippen molar-refractivity contribution in [1.29, 1.82) is 0 Å². The number of thiophene rings is 1. The van der Waals surface area contributed by atoms with Crippen LogP contribution in [0.3, 0.4) is 0 Å². The van der Waals surface area contributed by atoms with Crippen LogP contribution >= 0.6 is 23.6 Å². The molecule has 0 bridgehead atoms. The van der Waals surface area contributed by atoms with Gasteiger partial charge in [0.05, 0.1) is 16.9 Å². The highest BCUT2D eigenvalue weighted by Crippen LogP contribution is 2.27. The molecule has 0 aliphatic carbocycles. The van der Waals surface area contributed by atoms with Crippen molar-refractivity contribution in [2.45, 2.75) is 26.4 Å². The van der Waals surface area contributed by atoms with Crippen molar-refractivity contribution in [3.8, 4) is 0 Å². The zero-order chi connectivity index (χ0) is 21.3. The van der Waals surface area contributed by atoms with Gasteiger partial charge in [-0.3, -0.25) is 14.2 Å². The molecule has 0 saturated carbocycles. The van der Waals surface area contributed by atoms with Crippen LogP contribution < -0.4 is 10.9 Å². The molecule has 0 spiro atoms. The second-order valence-electron chi connectivity index (χ2n) is 7.07. The fourth-order valence-corrected chi connectivity index (χ4v) is 4.55. The number of benzene rings is 2. The molecule has 2 N–H and O–H groups in total. The van der Waals surface area contributed by atoms with E-state index in [0.29, 0.717) is 27.8 Å². The summed E-state index contributed by atoms with van der Waals surface area (Å²) in [7, 11) is 0. The molecule has 0 aliphatic rings. The fourth-order valence-electron chi connectivity index (χ4n) is 3.43. The molecule has 7 heteroatoms. The topological polar surface area (TPSA) is 66.9 Å². The van der Waals surface area contributed by atoms with Crippen LogP contribution in [0, 0.1) is 11.7 Å². The number of rotatable bonds is 5. The molecule has 152 valence electrons. The lowest BCUT2D eigenvalue weighted by Crippen LogP contribution is -2.29. The van der Waals surface area contributed by atoms with Gasteiger partial charge in [0.15, 0.2) is 4.77 Å². The number of H-pyrrole nitrogens is 1. The SMILES string of the molecule is CCn1c(=S)[nH]c2cc(C(=O)NC(c3ccc(C)cc3)c3cccs3)ccc2c1=O. The van der Waals surface area contributed by atoms with E-state index in [9.17, 15) is 9.59 Å². The molecular formula is C23H21N3O2S2. The molecule has 1 atom stereocenters. The van der Waals surface area contributed by atoms with Crippen LogP contribution in [0.15, 0.2) is 64.8 Å². The highest BCUT2D eigenvalue weighted by Gasteiger charge is 2.19. The minimum Gasteiger partial charge on any atom is -0.340 e. The van der Waals surface area contributed by atoms with Gasteiger partial charge in [-0.15, -0.1) is 11.3 Å². The number of carbonyl (C=O) groups is 1. The molecule has 0 fully saturated rings. The second kappa shape index (κ2) is 8.38. The normalized spacial score (nSPS) is 12.1. The van der Waals surface area contributed by atoms with Gasteiger partial charge in [0.2, 0.25) is 0 Å². The molecule has 2 heterocycles. The Kier molecular flexibility index (Phi) is 5.65. The average molecular weight is 436 g/mol. The molecule has 2 aromatic heterocycles. The Balaban J connectivity index is 1.70. The summed E-state index contributed by atoms with van der Waals surface area (Å²) in [5, 5.41) is 5.64. The van der Waals surface area contributed by atoms with Gasteiger partial charge in [0.25, 0.3) is 11.5 Å². The lowest BCUT2D eigenvalue weighted by atomic mass is 10.0. The quantitative estimate of drug-likeness (QED) is 0.435. The number of aromatic amines is 1. The third-order valence-electron chi connectivity index (χ3n) is 5.07. The zero-order valence-electron chi connectivity index (χ0n) is 16.6. The molecule has 5 nitrogen and oxygen atoms in total. The molecule has 1 unspecified atom stereocenters. The van der Waals surface area contributed by atoms with E-state index in [1.165, 1.54) is 4.57 Å². The summed E-state index contributed by atoms with van der Waals surface area (Å²) in [5.74, 6) is -0.213. The highest BCUT2D eigenvalue weighted by molar-refractivity contribution is 7.71. The molecular weight excluding hydrogens is 414 g/mol. The van der Waals surface area contributed by atoms with Crippen LogP contribution in [0.4, 0.5) is 0 Å². The standard InChI is InChI=1S/C23H21N3O2S2/c1-3-26-22(28)17-11-10-16(13-18(17)24-23(26)29)21(27)25-20(19-5-4-12-30-19)15-8-6-14(2)7-9-15/h4-13,20H,3H2,1-2H3,(H,24,29)(H,25,27). The van der Waals surface area contributed by atoms with Crippen LogP contribution in [-0.4, -0.2) is 15.5 Å². The number of nitrogens with zero attached hydrogens (tertiary/aromatic N) is 1. The Bertz CT molecular complexity index is 1320. The molecule has 4 aromatic rings. The van der Waals surface area contributed by atoms with Crippen molar-refractivity contribution in [2.75, 3.05) is 0 Å². The minimum atomic E-state index is -0.250. The van der Waals surface area contributed by atoms with Crippen molar-refractivity contribution in [1.82, 2.24) is 14.9 Å². The van der Waals surface area contributed by atoms with Gasteiger partial charge in [-0.2, -0.15) is 0 Å². The van der Waals surface area contributed by atoms with Gasteiger partial charge in [-0.05, 0) is 61.3 Å². The lowest BCUT2D eigenvalue weighted by molar-refractivity contribution is 0.0943. The predicted molar refractivity (Wildman–Crippen MR) is 124 cm³/mol. The summed E-state index contributed by atoms with van der Waals surface area (Å²) in [6, 6.07) is 16.9. The number of hydrogen-bond donors (Lipinski definition) is 2. The number of carbonyl (C=O) groups excluding carboxylic acids is 1. The first-order valence-electron chi connectivity index (χ1n) is 9.65. The van der Waals surface area contributed by atoms with Gasteiger partial charge in [0.1, 0.15) is 0 Å². The maximum atomic E-state index is 13.1. The number of aryl methyl sites for hydroxylation is 1. The molecule has 0 aliphatic heterocycles. The van der Waals surface area contributed by atoms with E-state index in [1.54, 1.807) is 29.5 Å². The summed E-state index contributed by atoms with van der Waals surface area (Å²) < 4.78 is 1.85. The van der Waals surface area contributed by atoms with Gasteiger partial charge < -0.3 is 10.3 Å². The van der Waals surface area contributed by atoms with Crippen molar-refractivity contribution >= 4 is 40.4 Å². The van der Waals surface area contributed by atoms with Crippen molar-refractivity contribution in [3.63, 3.8) is 0 Å². The van der Waals surface area contributed by atoms with Crippen LogP contribution in [0.1, 0.15) is 39.3 Å². The smallest absolute Gasteiger partial charge is 0.262 e. The molecule has 0 radical (unpaired) electrons. The fraction of sp³-hybridized carbons (Fsp3) is 0.174. The van der Waals surface area contributed by atoms with Crippen LogP contribution in [0.2, 0.25) is 0 Å². The van der Waals surface area contributed by atoms with E-state index in [4.69, 9.17) is 12.2 Å². The number of nitrogens with one attached hydrogen (secondary N) is 2. The van der Waals surface area contributed by atoms with Crippen LogP contribution in [0.5, 0.6) is 0 Å². The first-order chi connectivity index (χ1) is 14.5. The summed E-state index contributed by atoms with van der Waals surface area (Å²) in [6.45, 7) is 4.40. The predicted octanol–water partition coefficient (Wildman–Crippen LogP) is 4.97. The summed E-state index contributed by atoms with van der Waals surface area (Å²) in [6.07, 6.45) is 0. The van der Waals surface area contributed by atoms with Crippen molar-refractivity contribution < 1.29 is 4.79 Å². The average Bonchev–Trinajstić information content (AvgIpc) is 3.27. The van der Waals surface area contributed by atoms with Crippen molar-refractivity contribution in [3.05, 3.63) is 96.7 Å². The van der Waals surface area contributed by atoms with E-state index < -0.39 is 0 Å². The second-order valence-corrected chi connectivity index (χ2v) is 8.44. The first-order valence-corrected chi connectivity index (χ1v) is 10.9. The first kappa shape index (κ1) is 20.3. The maximum Gasteiger partial charge on any atom is 0.262 e. The van der Waals surface area contributed by atoms with Gasteiger partial charge in [0, 0.05) is 17.0 Å². The summed E-state index contributed by atoms with van der Waals surface area (Å²) in [4.78, 5) is 29.8. The third kappa shape index (κ3) is 3.86. The Labute approximate surface area is 183 Å². The maximum absolute atomic E-state index is 13.1.